The number of carbonyl (C=O) groups excluding carboxylic acids is 1. The molecule has 2 aromatic rings. The number of carbonyl (C=O) groups is 1. The van der Waals surface area contributed by atoms with Crippen LogP contribution in [0.25, 0.3) is 0 Å². The van der Waals surface area contributed by atoms with Gasteiger partial charge in [0.15, 0.2) is 0 Å². The molecule has 0 unspecified atom stereocenters. The lowest BCUT2D eigenvalue weighted by Gasteiger charge is -2.30. The molecule has 0 saturated heterocycles. The first kappa shape index (κ1) is 21.3. The highest BCUT2D eigenvalue weighted by molar-refractivity contribution is 7.92. The van der Waals surface area contributed by atoms with E-state index in [9.17, 15) is 13.2 Å². The summed E-state index contributed by atoms with van der Waals surface area (Å²) in [6.07, 6.45) is 2.17. The monoisotopic (exact) mass is 408 g/mol. The summed E-state index contributed by atoms with van der Waals surface area (Å²) in [7, 11) is -3.70. The van der Waals surface area contributed by atoms with Crippen molar-refractivity contribution >= 4 is 38.9 Å². The lowest BCUT2D eigenvalue weighted by atomic mass is 10.1. The second kappa shape index (κ2) is 8.76. The molecule has 1 N–H and O–H groups in total. The molecule has 0 heterocycles. The number of rotatable bonds is 7. The Balaban J connectivity index is 2.43. The molecule has 7 heteroatoms. The Labute approximate surface area is 166 Å². The fourth-order valence-electron chi connectivity index (χ4n) is 2.95. The number of nitrogens with zero attached hydrogens (tertiary/aromatic N) is 1. The van der Waals surface area contributed by atoms with Crippen molar-refractivity contribution in [3.8, 4) is 0 Å². The zero-order valence-electron chi connectivity index (χ0n) is 16.0. The summed E-state index contributed by atoms with van der Waals surface area (Å²) in [5, 5.41) is 3.33. The van der Waals surface area contributed by atoms with Crippen molar-refractivity contribution < 1.29 is 13.2 Å². The molecule has 0 aliphatic carbocycles. The molecule has 0 aromatic heterocycles. The van der Waals surface area contributed by atoms with Crippen molar-refractivity contribution in [1.82, 2.24) is 0 Å². The Bertz CT molecular complexity index is 929. The molecule has 5 nitrogen and oxygen atoms in total. The quantitative estimate of drug-likeness (QED) is 0.738. The van der Waals surface area contributed by atoms with Crippen LogP contribution in [-0.4, -0.2) is 26.6 Å². The topological polar surface area (TPSA) is 66.5 Å². The largest absolute Gasteiger partial charge is 0.324 e. The Morgan fingerprint density at radius 1 is 1.19 bits per heavy atom. The van der Waals surface area contributed by atoms with Crippen LogP contribution in [0.5, 0.6) is 0 Å². The van der Waals surface area contributed by atoms with Gasteiger partial charge in [0, 0.05) is 10.7 Å². The molecule has 0 saturated carbocycles. The van der Waals surface area contributed by atoms with Gasteiger partial charge in [-0.25, -0.2) is 8.42 Å². The first-order valence-corrected chi connectivity index (χ1v) is 11.1. The summed E-state index contributed by atoms with van der Waals surface area (Å²) < 4.78 is 26.2. The molecule has 0 bridgehead atoms. The SMILES string of the molecule is CCc1ccccc1NC(=O)[C@H](CC)N(c1ccc(C)c(Cl)c1)S(C)(=O)=O. The Hall–Kier alpha value is -2.05. The number of anilines is 2. The van der Waals surface area contributed by atoms with E-state index in [0.717, 1.165) is 28.1 Å². The highest BCUT2D eigenvalue weighted by Crippen LogP contribution is 2.28. The minimum Gasteiger partial charge on any atom is -0.324 e. The molecule has 2 rings (SSSR count). The minimum atomic E-state index is -3.70. The van der Waals surface area contributed by atoms with Crippen molar-refractivity contribution in [1.29, 1.82) is 0 Å². The highest BCUT2D eigenvalue weighted by atomic mass is 35.5. The molecule has 1 amide bonds. The standard InChI is InChI=1S/C20H25ClN2O3S/c1-5-15-9-7-8-10-18(15)22-20(24)19(6-2)23(27(4,25)26)16-12-11-14(3)17(21)13-16/h7-13,19H,5-6H2,1-4H3,(H,22,24)/t19-/m0/s1. The maximum Gasteiger partial charge on any atom is 0.248 e. The maximum absolute atomic E-state index is 13.0. The Morgan fingerprint density at radius 2 is 1.85 bits per heavy atom. The van der Waals surface area contributed by atoms with Gasteiger partial charge in [-0.1, -0.05) is 49.7 Å². The number of sulfonamides is 1. The van der Waals surface area contributed by atoms with E-state index in [1.54, 1.807) is 25.1 Å². The molecule has 2 aromatic carbocycles. The summed E-state index contributed by atoms with van der Waals surface area (Å²) >= 11 is 6.18. The van der Waals surface area contributed by atoms with Gasteiger partial charge in [-0.3, -0.25) is 9.10 Å². The lowest BCUT2D eigenvalue weighted by molar-refractivity contribution is -0.117. The first-order valence-electron chi connectivity index (χ1n) is 8.83. The second-order valence-corrected chi connectivity index (χ2v) is 8.68. The van der Waals surface area contributed by atoms with Crippen LogP contribution in [0.1, 0.15) is 31.4 Å². The molecule has 0 aliphatic rings. The molecule has 27 heavy (non-hydrogen) atoms. The third-order valence-corrected chi connectivity index (χ3v) is 5.98. The molecule has 1 atom stereocenters. The van der Waals surface area contributed by atoms with Crippen LogP contribution in [-0.2, 0) is 21.2 Å². The Morgan fingerprint density at radius 3 is 2.41 bits per heavy atom. The molecule has 0 aliphatic heterocycles. The highest BCUT2D eigenvalue weighted by Gasteiger charge is 2.32. The third-order valence-electron chi connectivity index (χ3n) is 4.40. The smallest absolute Gasteiger partial charge is 0.248 e. The van der Waals surface area contributed by atoms with Crippen LogP contribution >= 0.6 is 11.6 Å². The summed E-state index contributed by atoms with van der Waals surface area (Å²) in [5.41, 5.74) is 2.89. The average Bonchev–Trinajstić information content (AvgIpc) is 2.61. The van der Waals surface area contributed by atoms with Crippen LogP contribution in [0, 0.1) is 6.92 Å². The predicted octanol–water partition coefficient (Wildman–Crippen LogP) is 4.39. The predicted molar refractivity (Wildman–Crippen MR) is 112 cm³/mol. The number of amides is 1. The summed E-state index contributed by atoms with van der Waals surface area (Å²) in [5.74, 6) is -0.375. The minimum absolute atomic E-state index is 0.318. The number of aryl methyl sites for hydroxylation is 2. The van der Waals surface area contributed by atoms with Gasteiger partial charge in [-0.05, 0) is 49.1 Å². The van der Waals surface area contributed by atoms with Gasteiger partial charge in [0.1, 0.15) is 6.04 Å². The van der Waals surface area contributed by atoms with Gasteiger partial charge in [-0.2, -0.15) is 0 Å². The van der Waals surface area contributed by atoms with Crippen LogP contribution in [0.2, 0.25) is 5.02 Å². The van der Waals surface area contributed by atoms with E-state index in [4.69, 9.17) is 11.6 Å². The van der Waals surface area contributed by atoms with Crippen LogP contribution in [0.3, 0.4) is 0 Å². The van der Waals surface area contributed by atoms with Crippen LogP contribution in [0.15, 0.2) is 42.5 Å². The summed E-state index contributed by atoms with van der Waals surface area (Å²) in [6.45, 7) is 5.62. The summed E-state index contributed by atoms with van der Waals surface area (Å²) in [6, 6.07) is 11.6. The van der Waals surface area contributed by atoms with Gasteiger partial charge >= 0.3 is 0 Å². The van der Waals surface area contributed by atoms with E-state index in [2.05, 4.69) is 5.32 Å². The normalized spacial score (nSPS) is 12.5. The summed E-state index contributed by atoms with van der Waals surface area (Å²) in [4.78, 5) is 13.0. The fourth-order valence-corrected chi connectivity index (χ4v) is 4.32. The number of benzene rings is 2. The molecule has 0 radical (unpaired) electrons. The van der Waals surface area contributed by atoms with Crippen molar-refractivity contribution in [3.63, 3.8) is 0 Å². The zero-order chi connectivity index (χ0) is 20.2. The number of hydrogen-bond donors (Lipinski definition) is 1. The van der Waals surface area contributed by atoms with Crippen LogP contribution < -0.4 is 9.62 Å². The number of nitrogens with one attached hydrogen (secondary N) is 1. The maximum atomic E-state index is 13.0. The van der Waals surface area contributed by atoms with Crippen molar-refractivity contribution in [3.05, 3.63) is 58.6 Å². The fraction of sp³-hybridized carbons (Fsp3) is 0.350. The zero-order valence-corrected chi connectivity index (χ0v) is 17.6. The van der Waals surface area contributed by atoms with Gasteiger partial charge in [0.05, 0.1) is 11.9 Å². The van der Waals surface area contributed by atoms with Gasteiger partial charge in [0.2, 0.25) is 15.9 Å². The first-order chi connectivity index (χ1) is 12.7. The molecular weight excluding hydrogens is 384 g/mol. The van der Waals surface area contributed by atoms with Crippen LogP contribution in [0.4, 0.5) is 11.4 Å². The second-order valence-electron chi connectivity index (χ2n) is 6.42. The van der Waals surface area contributed by atoms with Crippen molar-refractivity contribution in [2.75, 3.05) is 15.9 Å². The lowest BCUT2D eigenvalue weighted by Crippen LogP contribution is -2.47. The van der Waals surface area contributed by atoms with E-state index in [0.29, 0.717) is 22.8 Å². The van der Waals surface area contributed by atoms with E-state index < -0.39 is 16.1 Å². The van der Waals surface area contributed by atoms with E-state index in [-0.39, 0.29) is 5.91 Å². The van der Waals surface area contributed by atoms with Crippen molar-refractivity contribution in [2.45, 2.75) is 39.7 Å². The number of hydrogen-bond acceptors (Lipinski definition) is 3. The van der Waals surface area contributed by atoms with E-state index >= 15 is 0 Å². The Kier molecular flexibility index (Phi) is 6.89. The van der Waals surface area contributed by atoms with Crippen molar-refractivity contribution in [2.24, 2.45) is 0 Å². The molecule has 146 valence electrons. The number of para-hydroxylation sites is 1. The average molecular weight is 409 g/mol. The number of halogens is 1. The third kappa shape index (κ3) is 5.02. The van der Waals surface area contributed by atoms with E-state index in [1.165, 1.54) is 0 Å². The van der Waals surface area contributed by atoms with Gasteiger partial charge in [-0.15, -0.1) is 0 Å². The van der Waals surface area contributed by atoms with Gasteiger partial charge in [0.25, 0.3) is 0 Å². The molecule has 0 spiro atoms. The van der Waals surface area contributed by atoms with E-state index in [1.807, 2.05) is 38.1 Å². The molecule has 0 fully saturated rings. The molecular formula is C20H25ClN2O3S. The van der Waals surface area contributed by atoms with Gasteiger partial charge < -0.3 is 5.32 Å².